The van der Waals surface area contributed by atoms with E-state index in [0.29, 0.717) is 0 Å². The van der Waals surface area contributed by atoms with Gasteiger partial charge in [-0.1, -0.05) is 48.5 Å². The molecule has 126 valence electrons. The van der Waals surface area contributed by atoms with Crippen LogP contribution >= 0.6 is 0 Å². The maximum absolute atomic E-state index is 13.0. The molecule has 5 heteroatoms. The molecule has 25 heavy (non-hydrogen) atoms. The van der Waals surface area contributed by atoms with Crippen LogP contribution in [0.15, 0.2) is 48.5 Å². The number of benzene rings is 2. The highest BCUT2D eigenvalue weighted by Gasteiger charge is 2.35. The van der Waals surface area contributed by atoms with Crippen LogP contribution in [0.4, 0.5) is 0 Å². The number of rotatable bonds is 5. The van der Waals surface area contributed by atoms with E-state index < -0.39 is 17.9 Å². The molecule has 0 heterocycles. The molecule has 0 spiro atoms. The van der Waals surface area contributed by atoms with Gasteiger partial charge in [0.15, 0.2) is 0 Å². The zero-order valence-electron chi connectivity index (χ0n) is 13.9. The summed E-state index contributed by atoms with van der Waals surface area (Å²) in [5.41, 5.74) is 9.30. The van der Waals surface area contributed by atoms with E-state index in [2.05, 4.69) is 11.4 Å². The minimum Gasteiger partial charge on any atom is -0.368 e. The fourth-order valence-corrected chi connectivity index (χ4v) is 3.35. The number of hydrogen-bond acceptors (Lipinski definition) is 3. The SMILES string of the molecule is C[C@@H](C#N)C[C@H](NC(=O)C1c2ccccc2-c2ccccc21)C(N)=O. The number of carbonyl (C=O) groups is 2. The number of nitriles is 1. The van der Waals surface area contributed by atoms with Gasteiger partial charge in [-0.3, -0.25) is 9.59 Å². The molecule has 0 aliphatic heterocycles. The van der Waals surface area contributed by atoms with Crippen LogP contribution in [0.1, 0.15) is 30.4 Å². The minimum absolute atomic E-state index is 0.202. The van der Waals surface area contributed by atoms with Crippen molar-refractivity contribution in [2.75, 3.05) is 0 Å². The molecule has 3 rings (SSSR count). The molecule has 2 atom stereocenters. The van der Waals surface area contributed by atoms with Crippen molar-refractivity contribution in [1.82, 2.24) is 5.32 Å². The summed E-state index contributed by atoms with van der Waals surface area (Å²) in [6.07, 6.45) is 0.202. The summed E-state index contributed by atoms with van der Waals surface area (Å²) in [4.78, 5) is 24.6. The van der Waals surface area contributed by atoms with Gasteiger partial charge in [0, 0.05) is 5.92 Å². The summed E-state index contributed by atoms with van der Waals surface area (Å²) in [6.45, 7) is 1.70. The van der Waals surface area contributed by atoms with E-state index in [1.165, 1.54) is 0 Å². The fourth-order valence-electron chi connectivity index (χ4n) is 3.35. The third-order valence-corrected chi connectivity index (χ3v) is 4.57. The normalized spacial score (nSPS) is 14.7. The van der Waals surface area contributed by atoms with Crippen molar-refractivity contribution >= 4 is 11.8 Å². The highest BCUT2D eigenvalue weighted by Crippen LogP contribution is 2.44. The average Bonchev–Trinajstić information content (AvgIpc) is 2.95. The van der Waals surface area contributed by atoms with Gasteiger partial charge in [-0.05, 0) is 35.6 Å². The first-order valence-corrected chi connectivity index (χ1v) is 8.20. The highest BCUT2D eigenvalue weighted by atomic mass is 16.2. The zero-order chi connectivity index (χ0) is 18.0. The summed E-state index contributed by atoms with van der Waals surface area (Å²) in [5, 5.41) is 11.7. The van der Waals surface area contributed by atoms with Crippen LogP contribution in [0, 0.1) is 17.2 Å². The Balaban J connectivity index is 1.92. The predicted molar refractivity (Wildman–Crippen MR) is 94.2 cm³/mol. The molecule has 0 aromatic heterocycles. The maximum Gasteiger partial charge on any atom is 0.240 e. The van der Waals surface area contributed by atoms with Crippen LogP contribution < -0.4 is 11.1 Å². The number of primary amides is 1. The van der Waals surface area contributed by atoms with Gasteiger partial charge in [0.05, 0.1) is 12.0 Å². The Labute approximate surface area is 146 Å². The second kappa shape index (κ2) is 6.78. The standard InChI is InChI=1S/C20H19N3O2/c1-12(11-21)10-17(19(22)24)23-20(25)18-15-8-4-2-6-13(15)14-7-3-5-9-16(14)18/h2-9,12,17-18H,10H2,1H3,(H2,22,24)(H,23,25)/t12-,17+/m1/s1. The number of fused-ring (bicyclic) bond motifs is 3. The number of hydrogen-bond donors (Lipinski definition) is 2. The van der Waals surface area contributed by atoms with Crippen LogP contribution in [0.3, 0.4) is 0 Å². The Morgan fingerprint density at radius 3 is 2.12 bits per heavy atom. The summed E-state index contributed by atoms with van der Waals surface area (Å²) >= 11 is 0. The van der Waals surface area contributed by atoms with Crippen LogP contribution in [0.2, 0.25) is 0 Å². The van der Waals surface area contributed by atoms with E-state index >= 15 is 0 Å². The van der Waals surface area contributed by atoms with Crippen molar-refractivity contribution < 1.29 is 9.59 Å². The van der Waals surface area contributed by atoms with Gasteiger partial charge in [-0.25, -0.2) is 0 Å². The van der Waals surface area contributed by atoms with Crippen LogP contribution in [0.25, 0.3) is 11.1 Å². The molecule has 0 unspecified atom stereocenters. The molecular weight excluding hydrogens is 314 g/mol. The van der Waals surface area contributed by atoms with E-state index in [-0.39, 0.29) is 18.2 Å². The molecule has 1 aliphatic carbocycles. The summed E-state index contributed by atoms with van der Waals surface area (Å²) < 4.78 is 0. The summed E-state index contributed by atoms with van der Waals surface area (Å²) in [7, 11) is 0. The van der Waals surface area contributed by atoms with Gasteiger partial charge in [0.1, 0.15) is 6.04 Å². The van der Waals surface area contributed by atoms with Crippen molar-refractivity contribution in [3.05, 3.63) is 59.7 Å². The molecule has 0 radical (unpaired) electrons. The van der Waals surface area contributed by atoms with Crippen molar-refractivity contribution in [1.29, 1.82) is 5.26 Å². The zero-order valence-corrected chi connectivity index (χ0v) is 13.9. The first-order chi connectivity index (χ1) is 12.0. The minimum atomic E-state index is -0.859. The lowest BCUT2D eigenvalue weighted by Crippen LogP contribution is -2.46. The first kappa shape index (κ1) is 16.7. The summed E-state index contributed by atoms with van der Waals surface area (Å²) in [5.74, 6) is -1.76. The average molecular weight is 333 g/mol. The quantitative estimate of drug-likeness (QED) is 0.879. The van der Waals surface area contributed by atoms with Crippen molar-refractivity contribution in [2.45, 2.75) is 25.3 Å². The molecule has 2 aromatic carbocycles. The molecule has 0 fully saturated rings. The smallest absolute Gasteiger partial charge is 0.240 e. The largest absolute Gasteiger partial charge is 0.368 e. The van der Waals surface area contributed by atoms with E-state index in [1.54, 1.807) is 6.92 Å². The lowest BCUT2D eigenvalue weighted by molar-refractivity contribution is -0.128. The van der Waals surface area contributed by atoms with E-state index in [0.717, 1.165) is 22.3 Å². The molecule has 0 saturated heterocycles. The van der Waals surface area contributed by atoms with Crippen molar-refractivity contribution in [3.8, 4) is 17.2 Å². The Bertz CT molecular complexity index is 824. The second-order valence-corrected chi connectivity index (χ2v) is 6.34. The lowest BCUT2D eigenvalue weighted by atomic mass is 9.94. The Kier molecular flexibility index (Phi) is 4.53. The molecular formula is C20H19N3O2. The van der Waals surface area contributed by atoms with Gasteiger partial charge < -0.3 is 11.1 Å². The van der Waals surface area contributed by atoms with Gasteiger partial charge >= 0.3 is 0 Å². The van der Waals surface area contributed by atoms with E-state index in [4.69, 9.17) is 11.0 Å². The highest BCUT2D eigenvalue weighted by molar-refractivity contribution is 5.98. The second-order valence-electron chi connectivity index (χ2n) is 6.34. The molecule has 0 saturated carbocycles. The van der Waals surface area contributed by atoms with E-state index in [1.807, 2.05) is 48.5 Å². The molecule has 2 aromatic rings. The van der Waals surface area contributed by atoms with Gasteiger partial charge in [0.25, 0.3) is 0 Å². The number of nitrogens with zero attached hydrogens (tertiary/aromatic N) is 1. The lowest BCUT2D eigenvalue weighted by Gasteiger charge is -2.20. The monoisotopic (exact) mass is 333 g/mol. The van der Waals surface area contributed by atoms with Crippen LogP contribution in [-0.2, 0) is 9.59 Å². The van der Waals surface area contributed by atoms with Crippen LogP contribution in [-0.4, -0.2) is 17.9 Å². The topological polar surface area (TPSA) is 96.0 Å². The predicted octanol–water partition coefficient (Wildman–Crippen LogP) is 2.32. The number of nitrogens with one attached hydrogen (secondary N) is 1. The molecule has 0 bridgehead atoms. The third kappa shape index (κ3) is 3.11. The van der Waals surface area contributed by atoms with Crippen molar-refractivity contribution in [2.24, 2.45) is 11.7 Å². The third-order valence-electron chi connectivity index (χ3n) is 4.57. The fraction of sp³-hybridized carbons (Fsp3) is 0.250. The van der Waals surface area contributed by atoms with Crippen molar-refractivity contribution in [3.63, 3.8) is 0 Å². The summed E-state index contributed by atoms with van der Waals surface area (Å²) in [6, 6.07) is 16.7. The number of nitrogens with two attached hydrogens (primary N) is 1. The number of carbonyl (C=O) groups excluding carboxylic acids is 2. The Morgan fingerprint density at radius 2 is 1.64 bits per heavy atom. The maximum atomic E-state index is 13.0. The molecule has 2 amide bonds. The molecule has 3 N–H and O–H groups in total. The Hall–Kier alpha value is -3.13. The van der Waals surface area contributed by atoms with Gasteiger partial charge in [-0.15, -0.1) is 0 Å². The van der Waals surface area contributed by atoms with Gasteiger partial charge in [-0.2, -0.15) is 5.26 Å². The van der Waals surface area contributed by atoms with E-state index in [9.17, 15) is 9.59 Å². The number of amides is 2. The van der Waals surface area contributed by atoms with Crippen LogP contribution in [0.5, 0.6) is 0 Å². The van der Waals surface area contributed by atoms with Gasteiger partial charge in [0.2, 0.25) is 11.8 Å². The molecule has 5 nitrogen and oxygen atoms in total. The molecule has 1 aliphatic rings. The Morgan fingerprint density at radius 1 is 1.12 bits per heavy atom. The first-order valence-electron chi connectivity index (χ1n) is 8.20.